The van der Waals surface area contributed by atoms with Gasteiger partial charge in [-0.15, -0.1) is 5.10 Å². The minimum absolute atomic E-state index is 0.00322. The number of anilines is 1. The van der Waals surface area contributed by atoms with Gasteiger partial charge in [0.2, 0.25) is 16.4 Å². The summed E-state index contributed by atoms with van der Waals surface area (Å²) < 4.78 is 42.0. The van der Waals surface area contributed by atoms with Crippen LogP contribution in [0, 0.1) is 0 Å². The zero-order valence-electron chi connectivity index (χ0n) is 22.2. The van der Waals surface area contributed by atoms with Crippen LogP contribution in [0.1, 0.15) is 46.6 Å². The number of rotatable bonds is 4. The first-order valence-electron chi connectivity index (χ1n) is 13.2. The summed E-state index contributed by atoms with van der Waals surface area (Å²) in [6, 6.07) is 5.56. The van der Waals surface area contributed by atoms with E-state index in [9.17, 15) is 32.7 Å². The number of hydrogen-bond acceptors (Lipinski definition) is 7. The Morgan fingerprint density at radius 3 is 2.58 bits per heavy atom. The number of piperidine rings is 1. The van der Waals surface area contributed by atoms with Gasteiger partial charge in [0.05, 0.1) is 16.3 Å². The van der Waals surface area contributed by atoms with Crippen LogP contribution >= 0.6 is 27.5 Å². The molecule has 0 unspecified atom stereocenters. The first kappa shape index (κ1) is 29.1. The van der Waals surface area contributed by atoms with Crippen LogP contribution in [0.3, 0.4) is 0 Å². The van der Waals surface area contributed by atoms with E-state index in [0.717, 1.165) is 22.7 Å². The highest BCUT2D eigenvalue weighted by Gasteiger charge is 2.46. The van der Waals surface area contributed by atoms with E-state index in [1.54, 1.807) is 9.47 Å². The van der Waals surface area contributed by atoms with Gasteiger partial charge in [-0.05, 0) is 71.9 Å². The van der Waals surface area contributed by atoms with Crippen molar-refractivity contribution in [3.8, 4) is 5.75 Å². The van der Waals surface area contributed by atoms with Crippen LogP contribution in [0.15, 0.2) is 46.1 Å². The number of hydrogen-bond donors (Lipinski definition) is 2. The Labute approximate surface area is 254 Å². The van der Waals surface area contributed by atoms with Crippen molar-refractivity contribution in [2.75, 3.05) is 18.4 Å². The average molecular weight is 681 g/mol. The minimum Gasteiger partial charge on any atom is -0.505 e. The molecule has 1 saturated heterocycles. The van der Waals surface area contributed by atoms with Crippen molar-refractivity contribution < 1.29 is 27.9 Å². The van der Waals surface area contributed by atoms with Gasteiger partial charge in [0.25, 0.3) is 11.5 Å². The van der Waals surface area contributed by atoms with E-state index >= 15 is 0 Å². The summed E-state index contributed by atoms with van der Waals surface area (Å²) in [5.41, 5.74) is -0.844. The van der Waals surface area contributed by atoms with Gasteiger partial charge in [0.15, 0.2) is 5.69 Å². The second-order valence-corrected chi connectivity index (χ2v) is 11.6. The molecule has 3 aromatic heterocycles. The van der Waals surface area contributed by atoms with Crippen LogP contribution in [0.4, 0.5) is 18.9 Å². The lowest BCUT2D eigenvalue weighted by Gasteiger charge is -2.39. The van der Waals surface area contributed by atoms with Gasteiger partial charge in [-0.25, -0.2) is 4.98 Å². The first-order chi connectivity index (χ1) is 20.4. The van der Waals surface area contributed by atoms with Gasteiger partial charge < -0.3 is 19.9 Å². The summed E-state index contributed by atoms with van der Waals surface area (Å²) in [6.07, 6.45) is -1.19. The van der Waals surface area contributed by atoms with Crippen molar-refractivity contribution in [3.05, 3.63) is 79.2 Å². The summed E-state index contributed by atoms with van der Waals surface area (Å²) >= 11 is 9.23. The Balaban J connectivity index is 1.30. The molecule has 16 heteroatoms. The average Bonchev–Trinajstić information content (AvgIpc) is 3.53. The monoisotopic (exact) mass is 679 g/mol. The van der Waals surface area contributed by atoms with Crippen LogP contribution in [0.2, 0.25) is 5.02 Å². The lowest BCUT2D eigenvalue weighted by atomic mass is 9.74. The van der Waals surface area contributed by atoms with Crippen LogP contribution < -0.4 is 10.9 Å². The summed E-state index contributed by atoms with van der Waals surface area (Å²) in [4.78, 5) is 49.9. The van der Waals surface area contributed by atoms with E-state index < -0.39 is 29.0 Å². The quantitative estimate of drug-likeness (QED) is 0.330. The van der Waals surface area contributed by atoms with Crippen molar-refractivity contribution in [2.24, 2.45) is 0 Å². The number of aromatic nitrogens is 5. The van der Waals surface area contributed by atoms with Crippen LogP contribution in [-0.2, 0) is 29.4 Å². The van der Waals surface area contributed by atoms with Gasteiger partial charge in [-0.1, -0.05) is 11.6 Å². The number of nitrogens with one attached hydrogen (secondary N) is 1. The highest BCUT2D eigenvalue weighted by atomic mass is 79.9. The van der Waals surface area contributed by atoms with Gasteiger partial charge in [0.1, 0.15) is 12.3 Å². The van der Waals surface area contributed by atoms with Crippen LogP contribution in [0.5, 0.6) is 5.75 Å². The molecule has 2 amide bonds. The van der Waals surface area contributed by atoms with E-state index in [-0.39, 0.29) is 44.8 Å². The van der Waals surface area contributed by atoms with E-state index in [1.165, 1.54) is 18.3 Å². The molecular formula is C27H22BrClF3N7O4. The number of amides is 2. The van der Waals surface area contributed by atoms with Gasteiger partial charge in [0, 0.05) is 36.0 Å². The molecule has 1 fully saturated rings. The predicted octanol–water partition coefficient (Wildman–Crippen LogP) is 4.19. The van der Waals surface area contributed by atoms with Crippen molar-refractivity contribution in [1.82, 2.24) is 29.0 Å². The summed E-state index contributed by atoms with van der Waals surface area (Å²) in [6.45, 7) is 0.327. The Morgan fingerprint density at radius 1 is 1.16 bits per heavy atom. The van der Waals surface area contributed by atoms with Crippen molar-refractivity contribution in [2.45, 2.75) is 43.8 Å². The van der Waals surface area contributed by atoms with Crippen molar-refractivity contribution >= 4 is 50.8 Å². The molecule has 1 aliphatic carbocycles. The number of fused-ring (bicyclic) bond motifs is 3. The second kappa shape index (κ2) is 10.6. The molecule has 0 saturated carbocycles. The number of benzene rings is 1. The third kappa shape index (κ3) is 5.13. The number of nitrogens with zero attached hydrogens (tertiary/aromatic N) is 6. The number of carbonyl (C=O) groups is 2. The second-order valence-electron chi connectivity index (χ2n) is 10.5. The molecule has 224 valence electrons. The molecule has 0 atom stereocenters. The lowest BCUT2D eigenvalue weighted by molar-refractivity contribution is -0.137. The molecule has 6 rings (SSSR count). The fourth-order valence-electron chi connectivity index (χ4n) is 5.99. The molecule has 1 spiro atoms. The lowest BCUT2D eigenvalue weighted by Crippen LogP contribution is -2.46. The molecule has 11 nitrogen and oxygen atoms in total. The maximum Gasteiger partial charge on any atom is 0.416 e. The van der Waals surface area contributed by atoms with E-state index in [2.05, 4.69) is 36.3 Å². The summed E-state index contributed by atoms with van der Waals surface area (Å²) in [5.74, 6) is -1.08. The van der Waals surface area contributed by atoms with E-state index in [4.69, 9.17) is 11.6 Å². The fourth-order valence-corrected chi connectivity index (χ4v) is 6.54. The minimum atomic E-state index is -4.59. The summed E-state index contributed by atoms with van der Waals surface area (Å²) in [7, 11) is 0. The molecule has 43 heavy (non-hydrogen) atoms. The molecule has 2 aliphatic rings. The first-order valence-corrected chi connectivity index (χ1v) is 14.3. The molecule has 1 aliphatic heterocycles. The number of aromatic hydroxyl groups is 1. The standard InChI is InChI=1S/C27H22BrClF3N7O4/c28-24-35-25-38(13-19(41)34-16-4-3-14(12-15(16)29)27(30,31)32)17-5-6-26(20(17)22(42)39(25)36-24)7-10-37(11-8-26)23(43)21-18(40)2-1-9-33-21/h1-4,9,12,40H,5-8,10-11,13H2,(H,34,41). The number of likely N-dealkylation sites (tertiary alicyclic amines) is 1. The van der Waals surface area contributed by atoms with Crippen molar-refractivity contribution in [3.63, 3.8) is 0 Å². The third-order valence-corrected chi connectivity index (χ3v) is 8.71. The zero-order chi connectivity index (χ0) is 30.7. The topological polar surface area (TPSA) is 135 Å². The van der Waals surface area contributed by atoms with Gasteiger partial charge in [-0.2, -0.15) is 22.7 Å². The number of alkyl halides is 3. The highest BCUT2D eigenvalue weighted by molar-refractivity contribution is 9.10. The number of halogens is 5. The number of pyridine rings is 1. The molecule has 1 aromatic carbocycles. The molecule has 4 aromatic rings. The Hall–Kier alpha value is -3.98. The molecular weight excluding hydrogens is 659 g/mol. The maximum absolute atomic E-state index is 13.8. The third-order valence-electron chi connectivity index (χ3n) is 8.07. The van der Waals surface area contributed by atoms with E-state index in [1.807, 2.05) is 0 Å². The summed E-state index contributed by atoms with van der Waals surface area (Å²) in [5, 5.41) is 16.5. The Bertz CT molecular complexity index is 1850. The molecule has 4 heterocycles. The zero-order valence-corrected chi connectivity index (χ0v) is 24.5. The van der Waals surface area contributed by atoms with Gasteiger partial charge in [-0.3, -0.25) is 14.4 Å². The molecule has 2 N–H and O–H groups in total. The molecule has 0 bridgehead atoms. The SMILES string of the molecule is O=C(Cn1c2c(c(=O)n3nc(Br)nc13)C1(CC2)CCN(C(=O)c2ncccc2O)CC1)Nc1ccc(C(F)(F)F)cc1Cl. The predicted molar refractivity (Wildman–Crippen MR) is 151 cm³/mol. The van der Waals surface area contributed by atoms with Crippen LogP contribution in [-0.4, -0.2) is 59.1 Å². The van der Waals surface area contributed by atoms with Crippen LogP contribution in [0.25, 0.3) is 5.78 Å². The normalized spacial score (nSPS) is 16.1. The van der Waals surface area contributed by atoms with E-state index in [0.29, 0.717) is 50.0 Å². The Kier molecular flexibility index (Phi) is 7.19. The highest BCUT2D eigenvalue weighted by Crippen LogP contribution is 2.45. The molecule has 0 radical (unpaired) electrons. The fraction of sp³-hybridized carbons (Fsp3) is 0.333. The van der Waals surface area contributed by atoms with Gasteiger partial charge >= 0.3 is 6.18 Å². The van der Waals surface area contributed by atoms with Crippen molar-refractivity contribution in [1.29, 1.82) is 0 Å². The smallest absolute Gasteiger partial charge is 0.416 e. The largest absolute Gasteiger partial charge is 0.505 e. The number of carbonyl (C=O) groups excluding carboxylic acids is 2. The maximum atomic E-state index is 13.8. The Morgan fingerprint density at radius 2 is 1.91 bits per heavy atom.